The largest absolute Gasteiger partial charge is 0.497 e. The second-order valence-electron chi connectivity index (χ2n) is 6.11. The molecule has 0 aliphatic carbocycles. The summed E-state index contributed by atoms with van der Waals surface area (Å²) in [6.07, 6.45) is 2.69. The molecular formula is C18H28N2O3. The smallest absolute Gasteiger partial charge is 0.224 e. The zero-order chi connectivity index (χ0) is 16.5. The zero-order valence-electron chi connectivity index (χ0n) is 14.2. The number of hydrogen-bond donors (Lipinski definition) is 1. The number of likely N-dealkylation sites (tertiary alicyclic amines) is 1. The van der Waals surface area contributed by atoms with Crippen molar-refractivity contribution in [2.45, 2.75) is 19.3 Å². The van der Waals surface area contributed by atoms with Crippen LogP contribution in [0.4, 0.5) is 0 Å². The molecule has 1 aliphatic rings. The highest BCUT2D eigenvalue weighted by Gasteiger charge is 2.19. The fraction of sp³-hybridized carbons (Fsp3) is 0.611. The van der Waals surface area contributed by atoms with Gasteiger partial charge in [0.25, 0.3) is 0 Å². The van der Waals surface area contributed by atoms with Crippen LogP contribution in [-0.2, 0) is 16.0 Å². The number of carbonyl (C=O) groups excluding carboxylic acids is 1. The first-order chi connectivity index (χ1) is 11.2. The van der Waals surface area contributed by atoms with E-state index in [1.165, 1.54) is 0 Å². The molecule has 1 aromatic carbocycles. The van der Waals surface area contributed by atoms with E-state index >= 15 is 0 Å². The Labute approximate surface area is 139 Å². The molecule has 23 heavy (non-hydrogen) atoms. The van der Waals surface area contributed by atoms with Gasteiger partial charge in [0.15, 0.2) is 0 Å². The minimum Gasteiger partial charge on any atom is -0.497 e. The Kier molecular flexibility index (Phi) is 7.36. The normalized spacial score (nSPS) is 16.3. The molecule has 2 rings (SSSR count). The van der Waals surface area contributed by atoms with Gasteiger partial charge in [0.2, 0.25) is 5.91 Å². The minimum absolute atomic E-state index is 0.0834. The number of piperidine rings is 1. The SMILES string of the molecule is COCCN1CCC(CNC(=O)Cc2cccc(OC)c2)CC1. The Bertz CT molecular complexity index is 485. The van der Waals surface area contributed by atoms with E-state index in [1.54, 1.807) is 14.2 Å². The molecule has 128 valence electrons. The van der Waals surface area contributed by atoms with Crippen molar-refractivity contribution in [3.8, 4) is 5.75 Å². The van der Waals surface area contributed by atoms with Gasteiger partial charge in [-0.1, -0.05) is 12.1 Å². The fourth-order valence-corrected chi connectivity index (χ4v) is 2.92. The lowest BCUT2D eigenvalue weighted by atomic mass is 9.96. The molecule has 0 spiro atoms. The maximum atomic E-state index is 12.1. The Morgan fingerprint density at radius 3 is 2.78 bits per heavy atom. The van der Waals surface area contributed by atoms with Crippen LogP contribution >= 0.6 is 0 Å². The molecule has 0 aromatic heterocycles. The highest BCUT2D eigenvalue weighted by molar-refractivity contribution is 5.78. The molecular weight excluding hydrogens is 292 g/mol. The summed E-state index contributed by atoms with van der Waals surface area (Å²) in [7, 11) is 3.38. The number of methoxy groups -OCH3 is 2. The molecule has 0 radical (unpaired) electrons. The van der Waals surface area contributed by atoms with E-state index in [2.05, 4.69) is 10.2 Å². The first-order valence-corrected chi connectivity index (χ1v) is 8.32. The Morgan fingerprint density at radius 2 is 2.09 bits per heavy atom. The van der Waals surface area contributed by atoms with Crippen LogP contribution in [0.5, 0.6) is 5.75 Å². The summed E-state index contributed by atoms with van der Waals surface area (Å²) < 4.78 is 10.3. The summed E-state index contributed by atoms with van der Waals surface area (Å²) in [4.78, 5) is 14.5. The molecule has 5 nitrogen and oxygen atoms in total. The van der Waals surface area contributed by atoms with Gasteiger partial charge in [0.05, 0.1) is 20.1 Å². The number of nitrogens with zero attached hydrogens (tertiary/aromatic N) is 1. The predicted molar refractivity (Wildman–Crippen MR) is 90.7 cm³/mol. The number of amides is 1. The Hall–Kier alpha value is -1.59. The highest BCUT2D eigenvalue weighted by atomic mass is 16.5. The van der Waals surface area contributed by atoms with Gasteiger partial charge < -0.3 is 19.7 Å². The van der Waals surface area contributed by atoms with E-state index in [0.29, 0.717) is 12.3 Å². The van der Waals surface area contributed by atoms with Gasteiger partial charge in [-0.25, -0.2) is 0 Å². The quantitative estimate of drug-likeness (QED) is 0.792. The number of ether oxygens (including phenoxy) is 2. The standard InChI is InChI=1S/C18H28N2O3/c1-22-11-10-20-8-6-15(7-9-20)14-19-18(21)13-16-4-3-5-17(12-16)23-2/h3-5,12,15H,6-11,13-14H2,1-2H3,(H,19,21). The maximum Gasteiger partial charge on any atom is 0.224 e. The van der Waals surface area contributed by atoms with Gasteiger partial charge in [0.1, 0.15) is 5.75 Å². The Morgan fingerprint density at radius 1 is 1.30 bits per heavy atom. The lowest BCUT2D eigenvalue weighted by molar-refractivity contribution is -0.120. The molecule has 1 amide bonds. The van der Waals surface area contributed by atoms with E-state index < -0.39 is 0 Å². The highest BCUT2D eigenvalue weighted by Crippen LogP contribution is 2.16. The molecule has 0 unspecified atom stereocenters. The van der Waals surface area contributed by atoms with E-state index in [1.807, 2.05) is 24.3 Å². The van der Waals surface area contributed by atoms with Crippen LogP contribution in [-0.4, -0.2) is 57.8 Å². The molecule has 0 atom stereocenters. The molecule has 1 fully saturated rings. The molecule has 5 heteroatoms. The van der Waals surface area contributed by atoms with Crippen LogP contribution in [0, 0.1) is 5.92 Å². The monoisotopic (exact) mass is 320 g/mol. The van der Waals surface area contributed by atoms with Gasteiger partial charge in [-0.05, 0) is 49.5 Å². The van der Waals surface area contributed by atoms with Crippen LogP contribution < -0.4 is 10.1 Å². The minimum atomic E-state index is 0.0834. The van der Waals surface area contributed by atoms with Crippen LogP contribution in [0.2, 0.25) is 0 Å². The van der Waals surface area contributed by atoms with Gasteiger partial charge in [-0.3, -0.25) is 4.79 Å². The van der Waals surface area contributed by atoms with Crippen molar-refractivity contribution in [1.29, 1.82) is 0 Å². The molecule has 1 N–H and O–H groups in total. The van der Waals surface area contributed by atoms with Gasteiger partial charge in [-0.15, -0.1) is 0 Å². The number of nitrogens with one attached hydrogen (secondary N) is 1. The van der Waals surface area contributed by atoms with E-state index in [4.69, 9.17) is 9.47 Å². The molecule has 1 aromatic rings. The second-order valence-corrected chi connectivity index (χ2v) is 6.11. The maximum absolute atomic E-state index is 12.1. The lowest BCUT2D eigenvalue weighted by Gasteiger charge is -2.31. The van der Waals surface area contributed by atoms with E-state index in [0.717, 1.165) is 56.9 Å². The van der Waals surface area contributed by atoms with Gasteiger partial charge in [0, 0.05) is 20.2 Å². The van der Waals surface area contributed by atoms with Gasteiger partial charge in [-0.2, -0.15) is 0 Å². The fourth-order valence-electron chi connectivity index (χ4n) is 2.92. The molecule has 1 saturated heterocycles. The summed E-state index contributed by atoms with van der Waals surface area (Å²) in [6.45, 7) is 4.77. The van der Waals surface area contributed by atoms with Crippen molar-refractivity contribution in [3.05, 3.63) is 29.8 Å². The third-order valence-corrected chi connectivity index (χ3v) is 4.41. The zero-order valence-corrected chi connectivity index (χ0v) is 14.2. The number of rotatable bonds is 8. The Balaban J connectivity index is 1.67. The van der Waals surface area contributed by atoms with Crippen LogP contribution in [0.3, 0.4) is 0 Å². The summed E-state index contributed by atoms with van der Waals surface area (Å²) in [5.41, 5.74) is 0.983. The van der Waals surface area contributed by atoms with Crippen molar-refractivity contribution < 1.29 is 14.3 Å². The first-order valence-electron chi connectivity index (χ1n) is 8.32. The number of carbonyl (C=O) groups is 1. The van der Waals surface area contributed by atoms with Crippen molar-refractivity contribution in [1.82, 2.24) is 10.2 Å². The van der Waals surface area contributed by atoms with E-state index in [9.17, 15) is 4.79 Å². The third kappa shape index (κ3) is 6.20. The average molecular weight is 320 g/mol. The second kappa shape index (κ2) is 9.53. The van der Waals surface area contributed by atoms with Crippen LogP contribution in [0.1, 0.15) is 18.4 Å². The summed E-state index contributed by atoms with van der Waals surface area (Å²) in [5.74, 6) is 1.46. The number of hydrogen-bond acceptors (Lipinski definition) is 4. The topological polar surface area (TPSA) is 50.8 Å². The van der Waals surface area contributed by atoms with Crippen LogP contribution in [0.25, 0.3) is 0 Å². The molecule has 1 aliphatic heterocycles. The van der Waals surface area contributed by atoms with Crippen molar-refractivity contribution in [2.75, 3.05) is 47.0 Å². The number of benzene rings is 1. The van der Waals surface area contributed by atoms with Crippen LogP contribution in [0.15, 0.2) is 24.3 Å². The van der Waals surface area contributed by atoms with Crippen molar-refractivity contribution >= 4 is 5.91 Å². The predicted octanol–water partition coefficient (Wildman–Crippen LogP) is 1.71. The van der Waals surface area contributed by atoms with Crippen molar-refractivity contribution in [2.24, 2.45) is 5.92 Å². The third-order valence-electron chi connectivity index (χ3n) is 4.41. The summed E-state index contributed by atoms with van der Waals surface area (Å²) in [6, 6.07) is 7.67. The lowest BCUT2D eigenvalue weighted by Crippen LogP contribution is -2.40. The van der Waals surface area contributed by atoms with Crippen molar-refractivity contribution in [3.63, 3.8) is 0 Å². The van der Waals surface area contributed by atoms with E-state index in [-0.39, 0.29) is 5.91 Å². The molecule has 1 heterocycles. The average Bonchev–Trinajstić information content (AvgIpc) is 2.59. The van der Waals surface area contributed by atoms with Gasteiger partial charge >= 0.3 is 0 Å². The molecule has 0 bridgehead atoms. The first kappa shape index (κ1) is 17.8. The summed E-state index contributed by atoms with van der Waals surface area (Å²) >= 11 is 0. The molecule has 0 saturated carbocycles. The summed E-state index contributed by atoms with van der Waals surface area (Å²) in [5, 5.41) is 3.07.